The van der Waals surface area contributed by atoms with Crippen LogP contribution < -0.4 is 5.73 Å². The molecule has 0 aliphatic carbocycles. The molecule has 2 N–H and O–H groups in total. The molecule has 0 aliphatic rings. The Morgan fingerprint density at radius 1 is 1.31 bits per heavy atom. The van der Waals surface area contributed by atoms with Crippen LogP contribution in [0.5, 0.6) is 0 Å². The fraction of sp³-hybridized carbons (Fsp3) is 0.778. The number of nitrogens with two attached hydrogens (primary N) is 1. The summed E-state index contributed by atoms with van der Waals surface area (Å²) >= 11 is 0. The van der Waals surface area contributed by atoms with Crippen LogP contribution in [0.15, 0.2) is 0 Å². The first-order valence-electron chi connectivity index (χ1n) is 4.97. The van der Waals surface area contributed by atoms with E-state index in [1.54, 1.807) is 0 Å². The van der Waals surface area contributed by atoms with E-state index in [-0.39, 0.29) is 0 Å². The van der Waals surface area contributed by atoms with Gasteiger partial charge in [0.05, 0.1) is 5.69 Å². The van der Waals surface area contributed by atoms with Crippen LogP contribution in [0.3, 0.4) is 0 Å². The summed E-state index contributed by atoms with van der Waals surface area (Å²) in [6, 6.07) is 0. The average molecular weight is 182 g/mol. The smallest absolute Gasteiger partial charge is 0.169 e. The number of unbranched alkanes of at least 4 members (excludes halogenated alkanes) is 2. The largest absolute Gasteiger partial charge is 0.381 e. The minimum atomic E-state index is 0.582. The van der Waals surface area contributed by atoms with Crippen LogP contribution >= 0.6 is 0 Å². The highest BCUT2D eigenvalue weighted by Gasteiger charge is 2.06. The molecule has 0 amide bonds. The summed E-state index contributed by atoms with van der Waals surface area (Å²) in [5.41, 5.74) is 6.73. The zero-order valence-electron chi connectivity index (χ0n) is 8.45. The van der Waals surface area contributed by atoms with Crippen molar-refractivity contribution in [2.24, 2.45) is 0 Å². The average Bonchev–Trinajstić information content (AvgIpc) is 2.47. The maximum Gasteiger partial charge on any atom is 0.169 e. The molecule has 0 unspecified atom stereocenters. The molecule has 1 rings (SSSR count). The van der Waals surface area contributed by atoms with E-state index in [2.05, 4.69) is 24.2 Å². The molecule has 1 aromatic heterocycles. The van der Waals surface area contributed by atoms with Gasteiger partial charge in [0.25, 0.3) is 0 Å². The number of rotatable bonds is 5. The van der Waals surface area contributed by atoms with Crippen molar-refractivity contribution in [1.82, 2.24) is 15.0 Å². The van der Waals surface area contributed by atoms with Gasteiger partial charge in [-0.15, -0.1) is 5.10 Å². The molecule has 1 heterocycles. The van der Waals surface area contributed by atoms with Gasteiger partial charge >= 0.3 is 0 Å². The van der Waals surface area contributed by atoms with E-state index in [0.29, 0.717) is 5.82 Å². The Hall–Kier alpha value is -1.06. The first-order chi connectivity index (χ1) is 6.29. The van der Waals surface area contributed by atoms with E-state index >= 15 is 0 Å². The predicted molar refractivity (Wildman–Crippen MR) is 53.3 cm³/mol. The molecule has 1 aromatic rings. The number of nitrogens with zero attached hydrogens (tertiary/aromatic N) is 3. The van der Waals surface area contributed by atoms with Crippen molar-refractivity contribution in [3.63, 3.8) is 0 Å². The quantitative estimate of drug-likeness (QED) is 0.704. The van der Waals surface area contributed by atoms with Crippen LogP contribution in [-0.2, 0) is 13.0 Å². The lowest BCUT2D eigenvalue weighted by Crippen LogP contribution is -2.05. The summed E-state index contributed by atoms with van der Waals surface area (Å²) in [5.74, 6) is 0.582. The van der Waals surface area contributed by atoms with Crippen LogP contribution in [0.1, 0.15) is 38.8 Å². The van der Waals surface area contributed by atoms with E-state index in [1.807, 2.05) is 4.68 Å². The zero-order chi connectivity index (χ0) is 9.68. The maximum atomic E-state index is 5.66. The molecule has 0 spiro atoms. The normalized spacial score (nSPS) is 10.6. The fourth-order valence-corrected chi connectivity index (χ4v) is 1.40. The number of hydrogen-bond donors (Lipinski definition) is 1. The van der Waals surface area contributed by atoms with Crippen molar-refractivity contribution in [2.45, 2.75) is 46.1 Å². The number of nitrogen functional groups attached to an aromatic ring is 1. The summed E-state index contributed by atoms with van der Waals surface area (Å²) in [5, 5.41) is 7.86. The number of hydrogen-bond acceptors (Lipinski definition) is 3. The summed E-state index contributed by atoms with van der Waals surface area (Å²) in [4.78, 5) is 0. The van der Waals surface area contributed by atoms with Crippen molar-refractivity contribution in [3.05, 3.63) is 5.69 Å². The van der Waals surface area contributed by atoms with Gasteiger partial charge in [-0.05, 0) is 12.8 Å². The lowest BCUT2D eigenvalue weighted by Gasteiger charge is -2.03. The molecule has 0 saturated heterocycles. The SMILES string of the molecule is CCCCCn1nnc(N)c1CC. The lowest BCUT2D eigenvalue weighted by molar-refractivity contribution is 0.522. The number of anilines is 1. The maximum absolute atomic E-state index is 5.66. The minimum absolute atomic E-state index is 0.582. The van der Waals surface area contributed by atoms with Gasteiger partial charge in [0.1, 0.15) is 0 Å². The molecule has 4 nitrogen and oxygen atoms in total. The van der Waals surface area contributed by atoms with Gasteiger partial charge in [-0.2, -0.15) is 0 Å². The van der Waals surface area contributed by atoms with Crippen molar-refractivity contribution in [1.29, 1.82) is 0 Å². The minimum Gasteiger partial charge on any atom is -0.381 e. The molecule has 0 aromatic carbocycles. The van der Waals surface area contributed by atoms with E-state index in [4.69, 9.17) is 5.73 Å². The first-order valence-corrected chi connectivity index (χ1v) is 4.97. The second kappa shape index (κ2) is 4.84. The Morgan fingerprint density at radius 2 is 2.08 bits per heavy atom. The van der Waals surface area contributed by atoms with Gasteiger partial charge in [0, 0.05) is 6.54 Å². The Bertz CT molecular complexity index is 254. The molecular formula is C9H18N4. The van der Waals surface area contributed by atoms with Gasteiger partial charge in [-0.3, -0.25) is 0 Å². The third-order valence-electron chi connectivity index (χ3n) is 2.18. The van der Waals surface area contributed by atoms with Crippen LogP contribution in [0.2, 0.25) is 0 Å². The third kappa shape index (κ3) is 2.44. The first kappa shape index (κ1) is 10.0. The number of aryl methyl sites for hydroxylation is 1. The molecule has 0 radical (unpaired) electrons. The van der Waals surface area contributed by atoms with E-state index < -0.39 is 0 Å². The van der Waals surface area contributed by atoms with E-state index in [9.17, 15) is 0 Å². The topological polar surface area (TPSA) is 56.7 Å². The lowest BCUT2D eigenvalue weighted by atomic mass is 10.2. The van der Waals surface area contributed by atoms with Crippen LogP contribution in [0, 0.1) is 0 Å². The van der Waals surface area contributed by atoms with Gasteiger partial charge in [0.15, 0.2) is 5.82 Å². The van der Waals surface area contributed by atoms with Gasteiger partial charge in [-0.1, -0.05) is 31.9 Å². The Labute approximate surface area is 79.1 Å². The molecule has 4 heteroatoms. The molecule has 0 atom stereocenters. The molecule has 0 bridgehead atoms. The van der Waals surface area contributed by atoms with E-state index in [1.165, 1.54) is 12.8 Å². The third-order valence-corrected chi connectivity index (χ3v) is 2.18. The summed E-state index contributed by atoms with van der Waals surface area (Å²) in [7, 11) is 0. The second-order valence-corrected chi connectivity index (χ2v) is 3.21. The van der Waals surface area contributed by atoms with Gasteiger partial charge in [-0.25, -0.2) is 4.68 Å². The molecule has 0 fully saturated rings. The van der Waals surface area contributed by atoms with Crippen molar-refractivity contribution < 1.29 is 0 Å². The summed E-state index contributed by atoms with van der Waals surface area (Å²) < 4.78 is 1.92. The Kier molecular flexibility index (Phi) is 3.73. The van der Waals surface area contributed by atoms with Crippen LogP contribution in [-0.4, -0.2) is 15.0 Å². The second-order valence-electron chi connectivity index (χ2n) is 3.21. The molecule has 74 valence electrons. The van der Waals surface area contributed by atoms with E-state index in [0.717, 1.165) is 25.1 Å². The predicted octanol–water partition coefficient (Wildman–Crippen LogP) is 1.61. The molecule has 0 saturated carbocycles. The summed E-state index contributed by atoms with van der Waals surface area (Å²) in [6.07, 6.45) is 4.53. The van der Waals surface area contributed by atoms with Crippen LogP contribution in [0.25, 0.3) is 0 Å². The van der Waals surface area contributed by atoms with Gasteiger partial charge in [0.2, 0.25) is 0 Å². The Balaban J connectivity index is 2.55. The van der Waals surface area contributed by atoms with Gasteiger partial charge < -0.3 is 5.73 Å². The highest BCUT2D eigenvalue weighted by Crippen LogP contribution is 2.09. The standard InChI is InChI=1S/C9H18N4/c1-3-5-6-7-13-8(4-2)9(10)11-12-13/h3-7,10H2,1-2H3. The Morgan fingerprint density at radius 3 is 2.69 bits per heavy atom. The molecule has 13 heavy (non-hydrogen) atoms. The molecule has 0 aliphatic heterocycles. The fourth-order valence-electron chi connectivity index (χ4n) is 1.40. The highest BCUT2D eigenvalue weighted by atomic mass is 15.4. The van der Waals surface area contributed by atoms with Crippen molar-refractivity contribution in [3.8, 4) is 0 Å². The van der Waals surface area contributed by atoms with Crippen LogP contribution in [0.4, 0.5) is 5.82 Å². The highest BCUT2D eigenvalue weighted by molar-refractivity contribution is 5.32. The zero-order valence-corrected chi connectivity index (χ0v) is 8.45. The monoisotopic (exact) mass is 182 g/mol. The summed E-state index contributed by atoms with van der Waals surface area (Å²) in [6.45, 7) is 5.21. The molecular weight excluding hydrogens is 164 g/mol. The van der Waals surface area contributed by atoms with Crippen molar-refractivity contribution >= 4 is 5.82 Å². The van der Waals surface area contributed by atoms with Crippen molar-refractivity contribution in [2.75, 3.05) is 5.73 Å². The number of aromatic nitrogens is 3.